The molecule has 8 heteroatoms. The number of nitrogens with one attached hydrogen (secondary N) is 1. The van der Waals surface area contributed by atoms with Gasteiger partial charge in [0.15, 0.2) is 5.03 Å². The van der Waals surface area contributed by atoms with Crippen LogP contribution in [0.5, 0.6) is 5.75 Å². The highest BCUT2D eigenvalue weighted by atomic mass is 32.2. The lowest BCUT2D eigenvalue weighted by Gasteiger charge is -2.13. The molecule has 2 rings (SSSR count). The predicted octanol–water partition coefficient (Wildman–Crippen LogP) is 1.10. The lowest BCUT2D eigenvalue weighted by atomic mass is 10.2. The molecule has 0 aliphatic carbocycles. The summed E-state index contributed by atoms with van der Waals surface area (Å²) in [6.45, 7) is 0. The van der Waals surface area contributed by atoms with Crippen LogP contribution in [0, 0.1) is 11.3 Å². The van der Waals surface area contributed by atoms with Crippen LogP contribution >= 0.6 is 0 Å². The van der Waals surface area contributed by atoms with E-state index in [4.69, 9.17) is 10.00 Å². The molecule has 0 spiro atoms. The summed E-state index contributed by atoms with van der Waals surface area (Å²) in [5.74, 6) is 0.273. The summed E-state index contributed by atoms with van der Waals surface area (Å²) in [7, 11) is -0.929. The number of methoxy groups -OCH3 is 1. The number of nitriles is 1. The van der Waals surface area contributed by atoms with Gasteiger partial charge < -0.3 is 4.74 Å². The Morgan fingerprint density at radius 2 is 2.15 bits per heavy atom. The first-order valence-corrected chi connectivity index (χ1v) is 7.06. The lowest BCUT2D eigenvalue weighted by molar-refractivity contribution is 0.416. The molecule has 1 aromatic carbocycles. The average molecular weight is 292 g/mol. The normalized spacial score (nSPS) is 10.8. The van der Waals surface area contributed by atoms with Crippen LogP contribution in [0.15, 0.2) is 35.5 Å². The van der Waals surface area contributed by atoms with E-state index in [2.05, 4.69) is 9.82 Å². The number of nitrogens with zero attached hydrogens (tertiary/aromatic N) is 3. The molecule has 0 saturated carbocycles. The summed E-state index contributed by atoms with van der Waals surface area (Å²) in [5.41, 5.74) is 0.286. The molecule has 0 fully saturated rings. The summed E-state index contributed by atoms with van der Waals surface area (Å²) in [6.07, 6.45) is 1.38. The van der Waals surface area contributed by atoms with E-state index in [-0.39, 0.29) is 22.0 Å². The number of sulfonamides is 1. The van der Waals surface area contributed by atoms with E-state index in [0.717, 1.165) is 0 Å². The van der Waals surface area contributed by atoms with Crippen LogP contribution < -0.4 is 9.46 Å². The Morgan fingerprint density at radius 1 is 1.40 bits per heavy atom. The standard InChI is InChI=1S/C12H12N4O3S/c1-16-11(6-7-14-16)20(17,18)15-12-9(8-13)4-3-5-10(12)19-2/h3-7,15H,1-2H3. The largest absolute Gasteiger partial charge is 0.495 e. The van der Waals surface area contributed by atoms with Crippen molar-refractivity contribution in [2.45, 2.75) is 5.03 Å². The van der Waals surface area contributed by atoms with Crippen LogP contribution in [0.25, 0.3) is 0 Å². The molecule has 0 bridgehead atoms. The average Bonchev–Trinajstić information content (AvgIpc) is 2.85. The van der Waals surface area contributed by atoms with Gasteiger partial charge >= 0.3 is 0 Å². The van der Waals surface area contributed by atoms with E-state index in [9.17, 15) is 8.42 Å². The molecule has 0 aliphatic heterocycles. The number of ether oxygens (including phenoxy) is 1. The van der Waals surface area contributed by atoms with Crippen LogP contribution in [0.1, 0.15) is 5.56 Å². The Balaban J connectivity index is 2.50. The minimum Gasteiger partial charge on any atom is -0.495 e. The van der Waals surface area contributed by atoms with E-state index in [0.29, 0.717) is 0 Å². The van der Waals surface area contributed by atoms with Crippen molar-refractivity contribution in [3.05, 3.63) is 36.0 Å². The summed E-state index contributed by atoms with van der Waals surface area (Å²) in [5, 5.41) is 12.9. The zero-order chi connectivity index (χ0) is 14.8. The number of para-hydroxylation sites is 1. The summed E-state index contributed by atoms with van der Waals surface area (Å²) >= 11 is 0. The molecule has 0 unspecified atom stereocenters. The van der Waals surface area contributed by atoms with E-state index in [1.54, 1.807) is 12.1 Å². The molecule has 1 heterocycles. The quantitative estimate of drug-likeness (QED) is 0.910. The SMILES string of the molecule is COc1cccc(C#N)c1NS(=O)(=O)c1ccnn1C. The Kier molecular flexibility index (Phi) is 3.63. The van der Waals surface area contributed by atoms with Crippen molar-refractivity contribution < 1.29 is 13.2 Å². The van der Waals surface area contributed by atoms with Gasteiger partial charge in [-0.3, -0.25) is 9.40 Å². The Morgan fingerprint density at radius 3 is 2.70 bits per heavy atom. The molecule has 1 aromatic heterocycles. The van der Waals surface area contributed by atoms with Gasteiger partial charge in [0.1, 0.15) is 17.5 Å². The van der Waals surface area contributed by atoms with Crippen molar-refractivity contribution in [1.29, 1.82) is 5.26 Å². The van der Waals surface area contributed by atoms with Crippen molar-refractivity contribution in [3.8, 4) is 11.8 Å². The zero-order valence-electron chi connectivity index (χ0n) is 10.9. The van der Waals surface area contributed by atoms with Crippen molar-refractivity contribution in [3.63, 3.8) is 0 Å². The number of hydrogen-bond donors (Lipinski definition) is 1. The van der Waals surface area contributed by atoms with Gasteiger partial charge in [-0.05, 0) is 18.2 Å². The maximum absolute atomic E-state index is 12.3. The molecule has 7 nitrogen and oxygen atoms in total. The first-order valence-electron chi connectivity index (χ1n) is 5.57. The minimum absolute atomic E-state index is 0.00713. The fourth-order valence-electron chi connectivity index (χ4n) is 1.71. The molecule has 0 saturated heterocycles. The second-order valence-corrected chi connectivity index (χ2v) is 5.52. The molecule has 0 atom stereocenters. The van der Waals surface area contributed by atoms with Gasteiger partial charge in [0.05, 0.1) is 18.9 Å². The maximum atomic E-state index is 12.3. The van der Waals surface area contributed by atoms with Gasteiger partial charge in [0, 0.05) is 7.05 Å². The molecule has 20 heavy (non-hydrogen) atoms. The highest BCUT2D eigenvalue weighted by Gasteiger charge is 2.21. The molecular formula is C12H12N4O3S. The van der Waals surface area contributed by atoms with Gasteiger partial charge in [0.25, 0.3) is 10.0 Å². The molecule has 2 aromatic rings. The maximum Gasteiger partial charge on any atom is 0.279 e. The Labute approximate surface area is 116 Å². The van der Waals surface area contributed by atoms with Crippen LogP contribution in [-0.4, -0.2) is 25.3 Å². The van der Waals surface area contributed by atoms with Gasteiger partial charge in [-0.1, -0.05) is 6.07 Å². The van der Waals surface area contributed by atoms with Crippen molar-refractivity contribution in [2.24, 2.45) is 7.05 Å². The lowest BCUT2D eigenvalue weighted by Crippen LogP contribution is -2.17. The van der Waals surface area contributed by atoms with Crippen LogP contribution in [0.3, 0.4) is 0 Å². The fraction of sp³-hybridized carbons (Fsp3) is 0.167. The second kappa shape index (κ2) is 5.22. The van der Waals surface area contributed by atoms with Crippen LogP contribution in [-0.2, 0) is 17.1 Å². The first kappa shape index (κ1) is 13.9. The Hall–Kier alpha value is -2.53. The third kappa shape index (κ3) is 2.44. The smallest absolute Gasteiger partial charge is 0.279 e. The number of hydrogen-bond acceptors (Lipinski definition) is 5. The van der Waals surface area contributed by atoms with Crippen molar-refractivity contribution in [1.82, 2.24) is 9.78 Å². The van der Waals surface area contributed by atoms with Crippen molar-refractivity contribution in [2.75, 3.05) is 11.8 Å². The number of aryl methyl sites for hydroxylation is 1. The minimum atomic E-state index is -3.85. The number of benzene rings is 1. The van der Waals surface area contributed by atoms with Gasteiger partial charge in [-0.15, -0.1) is 0 Å². The van der Waals surface area contributed by atoms with Crippen LogP contribution in [0.4, 0.5) is 5.69 Å². The van der Waals surface area contributed by atoms with Crippen LogP contribution in [0.2, 0.25) is 0 Å². The van der Waals surface area contributed by atoms with E-state index in [1.807, 2.05) is 6.07 Å². The highest BCUT2D eigenvalue weighted by Crippen LogP contribution is 2.29. The van der Waals surface area contributed by atoms with Crippen molar-refractivity contribution >= 4 is 15.7 Å². The van der Waals surface area contributed by atoms with E-state index < -0.39 is 10.0 Å². The second-order valence-electron chi connectivity index (χ2n) is 3.89. The molecular weight excluding hydrogens is 280 g/mol. The Bertz CT molecular complexity index is 774. The van der Waals surface area contributed by atoms with E-state index in [1.165, 1.54) is 37.2 Å². The third-order valence-corrected chi connectivity index (χ3v) is 4.08. The molecule has 0 radical (unpaired) electrons. The van der Waals surface area contributed by atoms with Gasteiger partial charge in [0.2, 0.25) is 0 Å². The predicted molar refractivity (Wildman–Crippen MR) is 71.7 cm³/mol. The number of aromatic nitrogens is 2. The highest BCUT2D eigenvalue weighted by molar-refractivity contribution is 7.92. The molecule has 104 valence electrons. The first-order chi connectivity index (χ1) is 9.49. The van der Waals surface area contributed by atoms with Gasteiger partial charge in [-0.25, -0.2) is 0 Å². The van der Waals surface area contributed by atoms with E-state index >= 15 is 0 Å². The number of anilines is 1. The molecule has 0 aliphatic rings. The fourth-order valence-corrected chi connectivity index (χ4v) is 2.93. The molecule has 1 N–H and O–H groups in total. The number of rotatable bonds is 4. The third-order valence-electron chi connectivity index (χ3n) is 2.65. The summed E-state index contributed by atoms with van der Waals surface area (Å²) in [6, 6.07) is 7.97. The topological polar surface area (TPSA) is 97.0 Å². The summed E-state index contributed by atoms with van der Waals surface area (Å²) in [4.78, 5) is 0. The molecule has 0 amide bonds. The zero-order valence-corrected chi connectivity index (χ0v) is 11.7. The summed E-state index contributed by atoms with van der Waals surface area (Å²) < 4.78 is 33.2. The van der Waals surface area contributed by atoms with Gasteiger partial charge in [-0.2, -0.15) is 18.8 Å². The monoisotopic (exact) mass is 292 g/mol.